The summed E-state index contributed by atoms with van der Waals surface area (Å²) >= 11 is 0. The molecule has 8 heteroatoms. The lowest BCUT2D eigenvalue weighted by Gasteiger charge is -2.14. The highest BCUT2D eigenvalue weighted by Gasteiger charge is 2.30. The van der Waals surface area contributed by atoms with Gasteiger partial charge >= 0.3 is 6.36 Å². The molecule has 0 bridgehead atoms. The van der Waals surface area contributed by atoms with Gasteiger partial charge in [0.2, 0.25) is 0 Å². The summed E-state index contributed by atoms with van der Waals surface area (Å²) in [7, 11) is 0. The molecule has 2 aromatic rings. The van der Waals surface area contributed by atoms with Crippen LogP contribution in [0.5, 0.6) is 5.75 Å². The third-order valence-electron chi connectivity index (χ3n) is 3.35. The minimum atomic E-state index is -4.74. The summed E-state index contributed by atoms with van der Waals surface area (Å²) in [5, 5.41) is 25.0. The number of hydrogen-bond acceptors (Lipinski definition) is 5. The number of alkyl halides is 3. The quantitative estimate of drug-likeness (QED) is 0.531. The van der Waals surface area contributed by atoms with Crippen molar-refractivity contribution >= 4 is 11.8 Å². The molecule has 0 aliphatic carbocycles. The van der Waals surface area contributed by atoms with E-state index in [0.717, 1.165) is 0 Å². The number of hydrogen-bond donors (Lipinski definition) is 3. The van der Waals surface area contributed by atoms with Crippen LogP contribution in [0.2, 0.25) is 0 Å². The van der Waals surface area contributed by atoms with Gasteiger partial charge in [-0.2, -0.15) is 0 Å². The molecule has 2 aromatic carbocycles. The van der Waals surface area contributed by atoms with E-state index in [4.69, 9.17) is 15.6 Å². The molecule has 0 aromatic heterocycles. The Kier molecular flexibility index (Phi) is 5.99. The van der Waals surface area contributed by atoms with Crippen LogP contribution in [0.3, 0.4) is 0 Å². The van der Waals surface area contributed by atoms with Gasteiger partial charge in [0, 0.05) is 6.92 Å². The SMILES string of the molecule is CC(=N)OC(=N)CC(O)c1cccc(-c2ccc(OC(F)(F)F)cc2)c1. The molecule has 0 amide bonds. The first kappa shape index (κ1) is 19.5. The molecule has 0 aliphatic heterocycles. The molecule has 1 atom stereocenters. The van der Waals surface area contributed by atoms with E-state index in [1.165, 1.54) is 31.2 Å². The fourth-order valence-electron chi connectivity index (χ4n) is 2.29. The van der Waals surface area contributed by atoms with Crippen molar-refractivity contribution in [2.45, 2.75) is 25.8 Å². The Morgan fingerprint density at radius 1 is 1.08 bits per heavy atom. The minimum absolute atomic E-state index is 0.0992. The predicted molar refractivity (Wildman–Crippen MR) is 90.4 cm³/mol. The third-order valence-corrected chi connectivity index (χ3v) is 3.35. The number of halogens is 3. The van der Waals surface area contributed by atoms with E-state index in [1.807, 2.05) is 0 Å². The van der Waals surface area contributed by atoms with Crippen LogP contribution in [-0.2, 0) is 4.74 Å². The van der Waals surface area contributed by atoms with Crippen LogP contribution in [0.4, 0.5) is 13.2 Å². The highest BCUT2D eigenvalue weighted by molar-refractivity contribution is 5.87. The molecular formula is C18H17F3N2O3. The number of rotatable bonds is 5. The molecule has 0 saturated carbocycles. The largest absolute Gasteiger partial charge is 0.573 e. The summed E-state index contributed by atoms with van der Waals surface area (Å²) in [6, 6.07) is 12.2. The highest BCUT2D eigenvalue weighted by Crippen LogP contribution is 2.28. The summed E-state index contributed by atoms with van der Waals surface area (Å²) in [4.78, 5) is 0. The molecular weight excluding hydrogens is 349 g/mol. The first-order chi connectivity index (χ1) is 12.1. The summed E-state index contributed by atoms with van der Waals surface area (Å²) in [6.45, 7) is 1.38. The fourth-order valence-corrected chi connectivity index (χ4v) is 2.29. The second kappa shape index (κ2) is 8.01. The zero-order chi connectivity index (χ0) is 19.3. The maximum absolute atomic E-state index is 12.2. The van der Waals surface area contributed by atoms with Crippen LogP contribution in [0.1, 0.15) is 25.0 Å². The number of ether oxygens (including phenoxy) is 2. The topological polar surface area (TPSA) is 86.4 Å². The van der Waals surface area contributed by atoms with Gasteiger partial charge < -0.3 is 14.6 Å². The van der Waals surface area contributed by atoms with E-state index in [1.54, 1.807) is 24.3 Å². The molecule has 0 saturated heterocycles. The van der Waals surface area contributed by atoms with E-state index in [9.17, 15) is 18.3 Å². The summed E-state index contributed by atoms with van der Waals surface area (Å²) in [5.74, 6) is -0.689. The second-order valence-electron chi connectivity index (χ2n) is 5.50. The Labute approximate surface area is 148 Å². The Bertz CT molecular complexity index is 789. The van der Waals surface area contributed by atoms with E-state index in [2.05, 4.69) is 4.74 Å². The normalized spacial score (nSPS) is 12.3. The van der Waals surface area contributed by atoms with E-state index < -0.39 is 12.5 Å². The van der Waals surface area contributed by atoms with Gasteiger partial charge in [-0.1, -0.05) is 30.3 Å². The van der Waals surface area contributed by atoms with Crippen LogP contribution >= 0.6 is 0 Å². The Hall–Kier alpha value is -2.87. The first-order valence-electron chi connectivity index (χ1n) is 7.58. The Morgan fingerprint density at radius 3 is 2.31 bits per heavy atom. The number of nitrogens with one attached hydrogen (secondary N) is 2. The van der Waals surface area contributed by atoms with Gasteiger partial charge in [-0.25, -0.2) is 0 Å². The maximum atomic E-state index is 12.2. The van der Waals surface area contributed by atoms with Crippen molar-refractivity contribution in [2.24, 2.45) is 0 Å². The monoisotopic (exact) mass is 366 g/mol. The number of aliphatic hydroxyl groups is 1. The third kappa shape index (κ3) is 5.89. The lowest BCUT2D eigenvalue weighted by molar-refractivity contribution is -0.274. The van der Waals surface area contributed by atoms with Crippen molar-refractivity contribution in [1.29, 1.82) is 10.8 Å². The zero-order valence-electron chi connectivity index (χ0n) is 13.8. The van der Waals surface area contributed by atoms with Crippen molar-refractivity contribution in [2.75, 3.05) is 0 Å². The van der Waals surface area contributed by atoms with Crippen LogP contribution in [-0.4, -0.2) is 23.3 Å². The molecule has 26 heavy (non-hydrogen) atoms. The van der Waals surface area contributed by atoms with Gasteiger partial charge in [-0.05, 0) is 34.9 Å². The van der Waals surface area contributed by atoms with Gasteiger partial charge in [0.15, 0.2) is 11.8 Å². The molecule has 3 N–H and O–H groups in total. The van der Waals surface area contributed by atoms with Crippen LogP contribution in [0.25, 0.3) is 11.1 Å². The zero-order valence-corrected chi connectivity index (χ0v) is 13.8. The molecule has 0 fully saturated rings. The molecule has 138 valence electrons. The molecule has 5 nitrogen and oxygen atoms in total. The van der Waals surface area contributed by atoms with E-state index in [-0.39, 0.29) is 24.0 Å². The smallest absolute Gasteiger partial charge is 0.430 e. The lowest BCUT2D eigenvalue weighted by Crippen LogP contribution is -2.16. The van der Waals surface area contributed by atoms with Crippen molar-refractivity contribution in [3.05, 3.63) is 54.1 Å². The van der Waals surface area contributed by atoms with Crippen LogP contribution < -0.4 is 4.74 Å². The first-order valence-corrected chi connectivity index (χ1v) is 7.58. The van der Waals surface area contributed by atoms with Gasteiger partial charge in [-0.3, -0.25) is 10.8 Å². The van der Waals surface area contributed by atoms with Crippen molar-refractivity contribution in [3.63, 3.8) is 0 Å². The molecule has 0 radical (unpaired) electrons. The highest BCUT2D eigenvalue weighted by atomic mass is 19.4. The summed E-state index contributed by atoms with van der Waals surface area (Å²) in [5.41, 5.74) is 1.86. The standard InChI is InChI=1S/C18H17F3N2O3/c1-11(22)25-17(23)10-16(24)14-4-2-3-13(9-14)12-5-7-15(8-6-12)26-18(19,20)21/h2-9,16,22-24H,10H2,1H3. The molecule has 2 rings (SSSR count). The van der Waals surface area contributed by atoms with E-state index in [0.29, 0.717) is 16.7 Å². The average molecular weight is 366 g/mol. The van der Waals surface area contributed by atoms with E-state index >= 15 is 0 Å². The summed E-state index contributed by atoms with van der Waals surface area (Å²) < 4.78 is 45.2. The lowest BCUT2D eigenvalue weighted by atomic mass is 9.99. The minimum Gasteiger partial charge on any atom is -0.430 e. The molecule has 0 aliphatic rings. The predicted octanol–water partition coefficient (Wildman–Crippen LogP) is 4.67. The van der Waals surface area contributed by atoms with Gasteiger partial charge in [0.05, 0.1) is 12.5 Å². The van der Waals surface area contributed by atoms with Crippen molar-refractivity contribution in [3.8, 4) is 16.9 Å². The van der Waals surface area contributed by atoms with Gasteiger partial charge in [-0.15, -0.1) is 13.2 Å². The number of benzene rings is 2. The Morgan fingerprint density at radius 2 is 1.73 bits per heavy atom. The second-order valence-corrected chi connectivity index (χ2v) is 5.50. The van der Waals surface area contributed by atoms with Crippen molar-refractivity contribution in [1.82, 2.24) is 0 Å². The van der Waals surface area contributed by atoms with Crippen molar-refractivity contribution < 1.29 is 27.8 Å². The maximum Gasteiger partial charge on any atom is 0.573 e. The van der Waals surface area contributed by atoms with Gasteiger partial charge in [0.25, 0.3) is 0 Å². The Balaban J connectivity index is 2.13. The van der Waals surface area contributed by atoms with Crippen LogP contribution in [0, 0.1) is 10.8 Å². The molecule has 0 spiro atoms. The van der Waals surface area contributed by atoms with Crippen LogP contribution in [0.15, 0.2) is 48.5 Å². The summed E-state index contributed by atoms with van der Waals surface area (Å²) in [6.07, 6.45) is -5.85. The molecule has 0 heterocycles. The number of aliphatic hydroxyl groups excluding tert-OH is 1. The molecule has 1 unspecified atom stereocenters. The van der Waals surface area contributed by atoms with Gasteiger partial charge in [0.1, 0.15) is 5.75 Å². The fraction of sp³-hybridized carbons (Fsp3) is 0.222. The average Bonchev–Trinajstić information content (AvgIpc) is 2.53.